The van der Waals surface area contributed by atoms with Crippen molar-refractivity contribution in [2.45, 2.75) is 32.7 Å². The summed E-state index contributed by atoms with van der Waals surface area (Å²) < 4.78 is 0. The standard InChI is InChI=1S/C16H22N4/c1-3-10-20(13-8-9-17-11-13)16-12(2)18-14-6-4-5-7-15(14)19-16/h4-7,13,17H,3,8-11H2,1-2H3. The van der Waals surface area contributed by atoms with Crippen LogP contribution in [0.5, 0.6) is 0 Å². The number of benzene rings is 1. The smallest absolute Gasteiger partial charge is 0.151 e. The summed E-state index contributed by atoms with van der Waals surface area (Å²) in [4.78, 5) is 12.0. The number of hydrogen-bond acceptors (Lipinski definition) is 4. The Labute approximate surface area is 120 Å². The van der Waals surface area contributed by atoms with Gasteiger partial charge in [-0.3, -0.25) is 0 Å². The average molecular weight is 270 g/mol. The van der Waals surface area contributed by atoms with E-state index in [0.29, 0.717) is 6.04 Å². The van der Waals surface area contributed by atoms with E-state index in [1.807, 2.05) is 24.3 Å². The summed E-state index contributed by atoms with van der Waals surface area (Å²) in [7, 11) is 0. The molecule has 1 aliphatic heterocycles. The molecule has 1 fully saturated rings. The zero-order valence-corrected chi connectivity index (χ0v) is 12.3. The lowest BCUT2D eigenvalue weighted by Gasteiger charge is -2.30. The van der Waals surface area contributed by atoms with Crippen molar-refractivity contribution in [1.82, 2.24) is 15.3 Å². The van der Waals surface area contributed by atoms with Crippen molar-refractivity contribution in [2.24, 2.45) is 0 Å². The van der Waals surface area contributed by atoms with Crippen LogP contribution in [-0.4, -0.2) is 35.6 Å². The Morgan fingerprint density at radius 1 is 1.25 bits per heavy atom. The van der Waals surface area contributed by atoms with Crippen molar-refractivity contribution in [3.8, 4) is 0 Å². The SMILES string of the molecule is CCCN(c1nc2ccccc2nc1C)C1CCNC1. The molecule has 1 atom stereocenters. The van der Waals surface area contributed by atoms with E-state index in [4.69, 9.17) is 9.97 Å². The lowest BCUT2D eigenvalue weighted by Crippen LogP contribution is -2.38. The van der Waals surface area contributed by atoms with Crippen LogP contribution < -0.4 is 10.2 Å². The van der Waals surface area contributed by atoms with Gasteiger partial charge in [0.15, 0.2) is 5.82 Å². The Kier molecular flexibility index (Phi) is 3.83. The van der Waals surface area contributed by atoms with Crippen LogP contribution in [0.1, 0.15) is 25.5 Å². The van der Waals surface area contributed by atoms with E-state index in [-0.39, 0.29) is 0 Å². The molecule has 20 heavy (non-hydrogen) atoms. The monoisotopic (exact) mass is 270 g/mol. The Hall–Kier alpha value is -1.68. The second kappa shape index (κ2) is 5.75. The molecule has 1 aromatic carbocycles. The molecule has 1 aromatic heterocycles. The molecule has 0 spiro atoms. The van der Waals surface area contributed by atoms with Crippen molar-refractivity contribution < 1.29 is 0 Å². The molecule has 0 amide bonds. The lowest BCUT2D eigenvalue weighted by molar-refractivity contribution is 0.616. The number of para-hydroxylation sites is 2. The minimum Gasteiger partial charge on any atom is -0.351 e. The average Bonchev–Trinajstić information content (AvgIpc) is 2.98. The van der Waals surface area contributed by atoms with Crippen LogP contribution in [0.25, 0.3) is 11.0 Å². The fourth-order valence-electron chi connectivity index (χ4n) is 2.96. The highest BCUT2D eigenvalue weighted by atomic mass is 15.2. The third kappa shape index (κ3) is 2.48. The zero-order valence-electron chi connectivity index (χ0n) is 12.3. The van der Waals surface area contributed by atoms with Crippen LogP contribution in [0.15, 0.2) is 24.3 Å². The van der Waals surface area contributed by atoms with E-state index in [1.165, 1.54) is 6.42 Å². The Balaban J connectivity index is 2.02. The highest BCUT2D eigenvalue weighted by molar-refractivity contribution is 5.76. The summed E-state index contributed by atoms with van der Waals surface area (Å²) in [5.41, 5.74) is 3.00. The molecule has 0 aliphatic carbocycles. The molecule has 4 nitrogen and oxygen atoms in total. The van der Waals surface area contributed by atoms with Gasteiger partial charge in [-0.1, -0.05) is 19.1 Å². The zero-order chi connectivity index (χ0) is 13.9. The van der Waals surface area contributed by atoms with E-state index in [9.17, 15) is 0 Å². The van der Waals surface area contributed by atoms with Crippen LogP contribution in [-0.2, 0) is 0 Å². The van der Waals surface area contributed by atoms with Gasteiger partial charge in [-0.15, -0.1) is 0 Å². The van der Waals surface area contributed by atoms with Crippen LogP contribution in [0.4, 0.5) is 5.82 Å². The van der Waals surface area contributed by atoms with Crippen LogP contribution in [0.2, 0.25) is 0 Å². The quantitative estimate of drug-likeness (QED) is 0.927. The van der Waals surface area contributed by atoms with Gasteiger partial charge in [-0.05, 0) is 38.4 Å². The number of fused-ring (bicyclic) bond motifs is 1. The normalized spacial score (nSPS) is 18.6. The first-order chi connectivity index (χ1) is 9.79. The highest BCUT2D eigenvalue weighted by Gasteiger charge is 2.24. The van der Waals surface area contributed by atoms with E-state index < -0.39 is 0 Å². The summed E-state index contributed by atoms with van der Waals surface area (Å²) >= 11 is 0. The predicted molar refractivity (Wildman–Crippen MR) is 83.2 cm³/mol. The summed E-state index contributed by atoms with van der Waals surface area (Å²) in [5, 5.41) is 3.45. The third-order valence-corrected chi connectivity index (χ3v) is 3.93. The number of aryl methyl sites for hydroxylation is 1. The minimum atomic E-state index is 0.545. The third-order valence-electron chi connectivity index (χ3n) is 3.93. The Morgan fingerprint density at radius 3 is 2.65 bits per heavy atom. The van der Waals surface area contributed by atoms with Gasteiger partial charge in [0, 0.05) is 19.1 Å². The van der Waals surface area contributed by atoms with Crippen LogP contribution in [0, 0.1) is 6.92 Å². The largest absolute Gasteiger partial charge is 0.351 e. The van der Waals surface area contributed by atoms with E-state index in [2.05, 4.69) is 24.1 Å². The van der Waals surface area contributed by atoms with E-state index in [0.717, 1.165) is 48.6 Å². The summed E-state index contributed by atoms with van der Waals surface area (Å²) in [6.07, 6.45) is 2.32. The summed E-state index contributed by atoms with van der Waals surface area (Å²) in [6.45, 7) is 7.48. The molecular weight excluding hydrogens is 248 g/mol. The fraction of sp³-hybridized carbons (Fsp3) is 0.500. The molecular formula is C16H22N4. The molecule has 2 aromatic rings. The first-order valence-corrected chi connectivity index (χ1v) is 7.50. The number of aromatic nitrogens is 2. The number of nitrogens with zero attached hydrogens (tertiary/aromatic N) is 3. The van der Waals surface area contributed by atoms with Gasteiger partial charge in [-0.25, -0.2) is 9.97 Å². The molecule has 0 saturated carbocycles. The molecule has 1 N–H and O–H groups in total. The highest BCUT2D eigenvalue weighted by Crippen LogP contribution is 2.24. The topological polar surface area (TPSA) is 41.1 Å². The van der Waals surface area contributed by atoms with Gasteiger partial charge in [0.2, 0.25) is 0 Å². The van der Waals surface area contributed by atoms with Gasteiger partial charge in [0.25, 0.3) is 0 Å². The van der Waals surface area contributed by atoms with Gasteiger partial charge >= 0.3 is 0 Å². The second-order valence-corrected chi connectivity index (χ2v) is 5.46. The first-order valence-electron chi connectivity index (χ1n) is 7.50. The van der Waals surface area contributed by atoms with Gasteiger partial charge in [0.1, 0.15) is 0 Å². The van der Waals surface area contributed by atoms with Gasteiger partial charge < -0.3 is 10.2 Å². The molecule has 2 heterocycles. The lowest BCUT2D eigenvalue weighted by atomic mass is 10.2. The number of nitrogens with one attached hydrogen (secondary N) is 1. The minimum absolute atomic E-state index is 0.545. The van der Waals surface area contributed by atoms with E-state index >= 15 is 0 Å². The van der Waals surface area contributed by atoms with Crippen molar-refractivity contribution in [2.75, 3.05) is 24.5 Å². The molecule has 1 unspecified atom stereocenters. The maximum Gasteiger partial charge on any atom is 0.151 e. The molecule has 4 heteroatoms. The van der Waals surface area contributed by atoms with Crippen molar-refractivity contribution >= 4 is 16.9 Å². The molecule has 106 valence electrons. The molecule has 1 aliphatic rings. The number of hydrogen-bond donors (Lipinski definition) is 1. The molecule has 0 bridgehead atoms. The predicted octanol–water partition coefficient (Wildman–Crippen LogP) is 2.52. The Morgan fingerprint density at radius 2 is 2.00 bits per heavy atom. The summed E-state index contributed by atoms with van der Waals surface area (Å²) in [6, 6.07) is 8.66. The number of rotatable bonds is 4. The van der Waals surface area contributed by atoms with Gasteiger partial charge in [-0.2, -0.15) is 0 Å². The fourth-order valence-corrected chi connectivity index (χ4v) is 2.96. The van der Waals surface area contributed by atoms with Crippen LogP contribution >= 0.6 is 0 Å². The van der Waals surface area contributed by atoms with Crippen LogP contribution in [0.3, 0.4) is 0 Å². The maximum atomic E-state index is 4.87. The summed E-state index contributed by atoms with van der Waals surface area (Å²) in [5.74, 6) is 1.05. The van der Waals surface area contributed by atoms with E-state index in [1.54, 1.807) is 0 Å². The Bertz CT molecular complexity index is 590. The molecule has 1 saturated heterocycles. The first kappa shape index (κ1) is 13.3. The molecule has 0 radical (unpaired) electrons. The second-order valence-electron chi connectivity index (χ2n) is 5.46. The van der Waals surface area contributed by atoms with Crippen molar-refractivity contribution in [3.63, 3.8) is 0 Å². The molecule has 3 rings (SSSR count). The van der Waals surface area contributed by atoms with Gasteiger partial charge in [0.05, 0.1) is 16.7 Å². The number of anilines is 1. The van der Waals surface area contributed by atoms with Crippen molar-refractivity contribution in [1.29, 1.82) is 0 Å². The van der Waals surface area contributed by atoms with Crippen molar-refractivity contribution in [3.05, 3.63) is 30.0 Å². The maximum absolute atomic E-state index is 4.87.